The molecule has 1 aromatic heterocycles. The number of benzene rings is 1. The Labute approximate surface area is 115 Å². The molecular formula is C14H12ClN3O. The van der Waals surface area contributed by atoms with Gasteiger partial charge in [0.25, 0.3) is 5.91 Å². The summed E-state index contributed by atoms with van der Waals surface area (Å²) in [5, 5.41) is 0.549. The van der Waals surface area contributed by atoms with E-state index in [0.717, 1.165) is 18.4 Å². The number of carbonyl (C=O) groups is 1. The molecule has 2 aromatic rings. The first kappa shape index (κ1) is 12.1. The molecule has 0 aliphatic heterocycles. The van der Waals surface area contributed by atoms with Gasteiger partial charge in [0.15, 0.2) is 0 Å². The van der Waals surface area contributed by atoms with E-state index in [0.29, 0.717) is 22.3 Å². The second-order valence-electron chi connectivity index (χ2n) is 4.61. The van der Waals surface area contributed by atoms with Gasteiger partial charge in [0.05, 0.1) is 0 Å². The molecule has 1 saturated carbocycles. The van der Waals surface area contributed by atoms with E-state index in [9.17, 15) is 4.79 Å². The van der Waals surface area contributed by atoms with Crippen LogP contribution in [0.15, 0.2) is 30.5 Å². The van der Waals surface area contributed by atoms with Gasteiger partial charge < -0.3 is 5.73 Å². The van der Waals surface area contributed by atoms with Gasteiger partial charge in [-0.15, -0.1) is 0 Å². The van der Waals surface area contributed by atoms with Crippen molar-refractivity contribution in [2.45, 2.75) is 18.8 Å². The number of hydrogen-bond donors (Lipinski definition) is 1. The third-order valence-corrected chi connectivity index (χ3v) is 3.48. The molecule has 0 spiro atoms. The highest BCUT2D eigenvalue weighted by Crippen LogP contribution is 2.39. The Morgan fingerprint density at radius 3 is 2.63 bits per heavy atom. The first-order chi connectivity index (χ1) is 9.16. The Morgan fingerprint density at radius 2 is 2.00 bits per heavy atom. The number of nitrogens with two attached hydrogens (primary N) is 1. The summed E-state index contributed by atoms with van der Waals surface area (Å²) in [4.78, 5) is 20.2. The second-order valence-corrected chi connectivity index (χ2v) is 5.02. The fourth-order valence-corrected chi connectivity index (χ4v) is 2.24. The van der Waals surface area contributed by atoms with Gasteiger partial charge in [-0.05, 0) is 18.9 Å². The highest BCUT2D eigenvalue weighted by Gasteiger charge is 2.28. The second kappa shape index (κ2) is 4.63. The molecule has 96 valence electrons. The number of hydrogen-bond acceptors (Lipinski definition) is 3. The topological polar surface area (TPSA) is 68.9 Å². The Balaban J connectivity index is 2.15. The van der Waals surface area contributed by atoms with Crippen molar-refractivity contribution in [3.05, 3.63) is 47.0 Å². The van der Waals surface area contributed by atoms with Crippen molar-refractivity contribution in [2.24, 2.45) is 5.73 Å². The minimum Gasteiger partial charge on any atom is -0.364 e. The average molecular weight is 274 g/mol. The maximum Gasteiger partial charge on any atom is 0.268 e. The van der Waals surface area contributed by atoms with E-state index in [4.69, 9.17) is 17.3 Å². The molecule has 0 atom stereocenters. The monoisotopic (exact) mass is 273 g/mol. The van der Waals surface area contributed by atoms with Gasteiger partial charge in [0.2, 0.25) is 0 Å². The molecule has 1 amide bonds. The standard InChI is InChI=1S/C14H12ClN3O/c15-11-4-2-1-3-9(11)10-7-17-14(8-5-6-8)18-12(10)13(16)19/h1-4,7-8H,5-6H2,(H2,16,19). The van der Waals surface area contributed by atoms with Crippen LogP contribution < -0.4 is 5.73 Å². The van der Waals surface area contributed by atoms with Gasteiger partial charge in [0, 0.05) is 28.3 Å². The highest BCUT2D eigenvalue weighted by molar-refractivity contribution is 6.33. The van der Waals surface area contributed by atoms with Crippen molar-refractivity contribution in [2.75, 3.05) is 0 Å². The third-order valence-electron chi connectivity index (χ3n) is 3.15. The van der Waals surface area contributed by atoms with Crippen LogP contribution in [0.5, 0.6) is 0 Å². The SMILES string of the molecule is NC(=O)c1nc(C2CC2)ncc1-c1ccccc1Cl. The molecular weight excluding hydrogens is 262 g/mol. The third kappa shape index (κ3) is 2.31. The molecule has 19 heavy (non-hydrogen) atoms. The first-order valence-electron chi connectivity index (χ1n) is 6.08. The normalized spacial score (nSPS) is 14.4. The van der Waals surface area contributed by atoms with Crippen molar-refractivity contribution < 1.29 is 4.79 Å². The van der Waals surface area contributed by atoms with Crippen molar-refractivity contribution in [3.8, 4) is 11.1 Å². The lowest BCUT2D eigenvalue weighted by atomic mass is 10.1. The number of aromatic nitrogens is 2. The molecule has 0 radical (unpaired) electrons. The summed E-state index contributed by atoms with van der Waals surface area (Å²) in [6.45, 7) is 0. The number of nitrogens with zero attached hydrogens (tertiary/aromatic N) is 2. The van der Waals surface area contributed by atoms with E-state index in [1.807, 2.05) is 18.2 Å². The maximum atomic E-state index is 11.6. The first-order valence-corrected chi connectivity index (χ1v) is 6.46. The van der Waals surface area contributed by atoms with Gasteiger partial charge in [-0.2, -0.15) is 0 Å². The van der Waals surface area contributed by atoms with E-state index >= 15 is 0 Å². The van der Waals surface area contributed by atoms with E-state index < -0.39 is 5.91 Å². The molecule has 1 fully saturated rings. The molecule has 5 heteroatoms. The van der Waals surface area contributed by atoms with Crippen molar-refractivity contribution >= 4 is 17.5 Å². The van der Waals surface area contributed by atoms with E-state index in [1.165, 1.54) is 0 Å². The van der Waals surface area contributed by atoms with Gasteiger partial charge >= 0.3 is 0 Å². The zero-order valence-corrected chi connectivity index (χ0v) is 10.9. The van der Waals surface area contributed by atoms with Crippen LogP contribution >= 0.6 is 11.6 Å². The number of halogens is 1. The summed E-state index contributed by atoms with van der Waals surface area (Å²) in [5.41, 5.74) is 6.97. The number of rotatable bonds is 3. The predicted molar refractivity (Wildman–Crippen MR) is 73.0 cm³/mol. The smallest absolute Gasteiger partial charge is 0.268 e. The largest absolute Gasteiger partial charge is 0.364 e. The Kier molecular flexibility index (Phi) is 2.95. The average Bonchev–Trinajstić information content (AvgIpc) is 3.23. The number of amides is 1. The Morgan fingerprint density at radius 1 is 1.26 bits per heavy atom. The van der Waals surface area contributed by atoms with Gasteiger partial charge in [-0.3, -0.25) is 4.79 Å². The van der Waals surface area contributed by atoms with Gasteiger partial charge in [-0.1, -0.05) is 29.8 Å². The van der Waals surface area contributed by atoms with E-state index in [-0.39, 0.29) is 5.69 Å². The van der Waals surface area contributed by atoms with Crippen molar-refractivity contribution in [3.63, 3.8) is 0 Å². The van der Waals surface area contributed by atoms with Crippen LogP contribution in [0.1, 0.15) is 35.1 Å². The van der Waals surface area contributed by atoms with Crippen molar-refractivity contribution in [1.82, 2.24) is 9.97 Å². The summed E-state index contributed by atoms with van der Waals surface area (Å²) in [6.07, 6.45) is 3.79. The van der Waals surface area contributed by atoms with Gasteiger partial charge in [-0.25, -0.2) is 9.97 Å². The minimum atomic E-state index is -0.556. The molecule has 0 unspecified atom stereocenters. The minimum absolute atomic E-state index is 0.241. The quantitative estimate of drug-likeness (QED) is 0.935. The zero-order chi connectivity index (χ0) is 13.4. The molecule has 3 rings (SSSR count). The number of primary amides is 1. The fourth-order valence-electron chi connectivity index (χ4n) is 2.00. The Hall–Kier alpha value is -1.94. The maximum absolute atomic E-state index is 11.6. The number of carbonyl (C=O) groups excluding carboxylic acids is 1. The summed E-state index contributed by atoms with van der Waals surface area (Å²) >= 11 is 6.14. The van der Waals surface area contributed by atoms with E-state index in [1.54, 1.807) is 12.3 Å². The van der Waals surface area contributed by atoms with Crippen molar-refractivity contribution in [1.29, 1.82) is 0 Å². The molecule has 4 nitrogen and oxygen atoms in total. The van der Waals surface area contributed by atoms with Crippen LogP contribution in [0.25, 0.3) is 11.1 Å². The molecule has 0 bridgehead atoms. The molecule has 1 heterocycles. The lowest BCUT2D eigenvalue weighted by molar-refractivity contribution is 0.0996. The summed E-state index contributed by atoms with van der Waals surface area (Å²) in [6, 6.07) is 7.26. The highest BCUT2D eigenvalue weighted by atomic mass is 35.5. The molecule has 1 aromatic carbocycles. The summed E-state index contributed by atoms with van der Waals surface area (Å²) in [7, 11) is 0. The fraction of sp³-hybridized carbons (Fsp3) is 0.214. The van der Waals surface area contributed by atoms with Crippen LogP contribution in [-0.2, 0) is 0 Å². The lowest BCUT2D eigenvalue weighted by Crippen LogP contribution is -2.16. The molecule has 1 aliphatic carbocycles. The van der Waals surface area contributed by atoms with Crippen LogP contribution in [0.2, 0.25) is 5.02 Å². The van der Waals surface area contributed by atoms with Crippen LogP contribution in [0.3, 0.4) is 0 Å². The molecule has 0 saturated heterocycles. The summed E-state index contributed by atoms with van der Waals surface area (Å²) < 4.78 is 0. The predicted octanol–water partition coefficient (Wildman–Crippen LogP) is 2.77. The van der Waals surface area contributed by atoms with Crippen LogP contribution in [0, 0.1) is 0 Å². The molecule has 1 aliphatic rings. The summed E-state index contributed by atoms with van der Waals surface area (Å²) in [5.74, 6) is 0.516. The lowest BCUT2D eigenvalue weighted by Gasteiger charge is -2.09. The zero-order valence-electron chi connectivity index (χ0n) is 10.1. The van der Waals surface area contributed by atoms with E-state index in [2.05, 4.69) is 9.97 Å². The van der Waals surface area contributed by atoms with Crippen LogP contribution in [-0.4, -0.2) is 15.9 Å². The van der Waals surface area contributed by atoms with Crippen LogP contribution in [0.4, 0.5) is 0 Å². The molecule has 2 N–H and O–H groups in total. The van der Waals surface area contributed by atoms with Gasteiger partial charge in [0.1, 0.15) is 11.5 Å². The Bertz CT molecular complexity index is 653.